The van der Waals surface area contributed by atoms with E-state index in [2.05, 4.69) is 69.2 Å². The molecule has 0 aliphatic carbocycles. The van der Waals surface area contributed by atoms with Crippen molar-refractivity contribution in [1.82, 2.24) is 0 Å². The van der Waals surface area contributed by atoms with Gasteiger partial charge < -0.3 is 15.1 Å². The number of hydrogen-bond acceptors (Lipinski definition) is 3. The van der Waals surface area contributed by atoms with Crippen LogP contribution in [0.4, 0.5) is 11.4 Å². The van der Waals surface area contributed by atoms with Crippen LogP contribution in [0, 0.1) is 0 Å². The lowest BCUT2D eigenvalue weighted by Crippen LogP contribution is -2.28. The highest BCUT2D eigenvalue weighted by Gasteiger charge is 2.44. The minimum atomic E-state index is -0.191. The van der Waals surface area contributed by atoms with Crippen LogP contribution in [0.2, 0.25) is 0 Å². The van der Waals surface area contributed by atoms with Crippen LogP contribution in [0.15, 0.2) is 60.3 Å². The molecule has 2 aromatic carbocycles. The van der Waals surface area contributed by atoms with E-state index in [1.807, 2.05) is 24.3 Å². The molecule has 0 saturated carbocycles. The van der Waals surface area contributed by atoms with Gasteiger partial charge in [-0.15, -0.1) is 0 Å². The Morgan fingerprint density at radius 1 is 0.903 bits per heavy atom. The topological polar surface area (TPSA) is 46.7 Å². The fourth-order valence-corrected chi connectivity index (χ4v) is 5.24. The Bertz CT molecular complexity index is 1140. The minimum absolute atomic E-state index is 0.191. The molecular formula is C27H33N2O2+. The number of nitrogens with zero attached hydrogens (tertiary/aromatic N) is 2. The smallest absolute Gasteiger partial charge is 0.210 e. The molecular weight excluding hydrogens is 384 g/mol. The van der Waals surface area contributed by atoms with Crippen LogP contribution in [0.1, 0.15) is 52.7 Å². The summed E-state index contributed by atoms with van der Waals surface area (Å²) in [6.45, 7) is 14.9. The van der Waals surface area contributed by atoms with Gasteiger partial charge in [0.15, 0.2) is 5.71 Å². The number of allylic oxidation sites excluding steroid dienone is 4. The third kappa shape index (κ3) is 3.16. The lowest BCUT2D eigenvalue weighted by molar-refractivity contribution is -0.433. The number of rotatable bonds is 4. The Morgan fingerprint density at radius 3 is 2.19 bits per heavy atom. The molecule has 2 heterocycles. The van der Waals surface area contributed by atoms with E-state index in [4.69, 9.17) is 0 Å². The van der Waals surface area contributed by atoms with Crippen LogP contribution < -0.4 is 4.90 Å². The quantitative estimate of drug-likeness (QED) is 0.623. The number of anilines is 1. The largest absolute Gasteiger partial charge is 0.508 e. The normalized spacial score (nSPS) is 20.1. The molecule has 2 N–H and O–H groups in total. The summed E-state index contributed by atoms with van der Waals surface area (Å²) in [7, 11) is 0. The summed E-state index contributed by atoms with van der Waals surface area (Å²) >= 11 is 0. The lowest BCUT2D eigenvalue weighted by Gasteiger charge is -2.25. The van der Waals surface area contributed by atoms with Gasteiger partial charge in [0.2, 0.25) is 5.69 Å². The van der Waals surface area contributed by atoms with Gasteiger partial charge in [0.05, 0.1) is 5.41 Å². The molecule has 0 fully saturated rings. The van der Waals surface area contributed by atoms with E-state index in [1.165, 1.54) is 11.4 Å². The first-order valence-corrected chi connectivity index (χ1v) is 11.1. The fraction of sp³-hybridized carbons (Fsp3) is 0.370. The molecule has 0 amide bonds. The fourth-order valence-electron chi connectivity index (χ4n) is 5.24. The number of benzene rings is 2. The van der Waals surface area contributed by atoms with Crippen molar-refractivity contribution in [1.29, 1.82) is 0 Å². The van der Waals surface area contributed by atoms with Crippen molar-refractivity contribution in [3.63, 3.8) is 0 Å². The monoisotopic (exact) mass is 417 g/mol. The van der Waals surface area contributed by atoms with E-state index < -0.39 is 0 Å². The SMILES string of the molecule is CCN1C(=C/C=C/C2=[N+](CC)c3ccc(O)cc3C2(C)C)C(C)(C)c2cc(O)ccc21. The highest BCUT2D eigenvalue weighted by molar-refractivity contribution is 6.03. The molecule has 4 heteroatoms. The molecule has 0 radical (unpaired) electrons. The molecule has 0 spiro atoms. The maximum Gasteiger partial charge on any atom is 0.210 e. The standard InChI is InChI=1S/C27H32N2O2/c1-7-28-22-14-12-18(30)16-20(22)26(3,4)24(28)10-9-11-25-27(5,6)21-17-19(31)13-15-23(21)29(25)8-2/h9-17H,7-8H2,1-6H3,(H-,30,31)/p+1. The maximum absolute atomic E-state index is 10.0. The first-order valence-electron chi connectivity index (χ1n) is 11.1. The van der Waals surface area contributed by atoms with Crippen molar-refractivity contribution in [2.24, 2.45) is 0 Å². The number of hydrogen-bond donors (Lipinski definition) is 2. The zero-order valence-corrected chi connectivity index (χ0v) is 19.4. The second-order valence-electron chi connectivity index (χ2n) is 9.44. The number of phenolic OH excluding ortho intramolecular Hbond substituents is 2. The van der Waals surface area contributed by atoms with Gasteiger partial charge in [0.1, 0.15) is 18.0 Å². The molecule has 2 aromatic rings. The van der Waals surface area contributed by atoms with Gasteiger partial charge in [-0.2, -0.15) is 4.58 Å². The average Bonchev–Trinajstić information content (AvgIpc) is 3.06. The lowest BCUT2D eigenvalue weighted by atomic mass is 9.81. The Morgan fingerprint density at radius 2 is 1.55 bits per heavy atom. The first kappa shape index (κ1) is 21.2. The van der Waals surface area contributed by atoms with E-state index >= 15 is 0 Å². The minimum Gasteiger partial charge on any atom is -0.508 e. The summed E-state index contributed by atoms with van der Waals surface area (Å²) in [6, 6.07) is 11.3. The molecule has 0 aromatic heterocycles. The van der Waals surface area contributed by atoms with Crippen LogP contribution >= 0.6 is 0 Å². The molecule has 0 atom stereocenters. The Hall–Kier alpha value is -3.01. The Kier molecular flexibility index (Phi) is 5.00. The van der Waals surface area contributed by atoms with Crippen molar-refractivity contribution in [2.75, 3.05) is 18.0 Å². The number of fused-ring (bicyclic) bond motifs is 2. The van der Waals surface area contributed by atoms with Crippen molar-refractivity contribution < 1.29 is 14.8 Å². The number of likely N-dealkylation sites (N-methyl/N-ethyl adjacent to an activating group) is 1. The molecule has 2 aliphatic rings. The molecule has 4 nitrogen and oxygen atoms in total. The molecule has 0 unspecified atom stereocenters. The van der Waals surface area contributed by atoms with E-state index in [0.717, 1.165) is 35.6 Å². The third-order valence-electron chi connectivity index (χ3n) is 6.89. The van der Waals surface area contributed by atoms with Crippen LogP contribution in [0.3, 0.4) is 0 Å². The number of phenols is 2. The highest BCUT2D eigenvalue weighted by atomic mass is 16.3. The van der Waals surface area contributed by atoms with Crippen molar-refractivity contribution in [2.45, 2.75) is 52.4 Å². The van der Waals surface area contributed by atoms with Crippen molar-refractivity contribution in [3.05, 3.63) is 71.5 Å². The summed E-state index contributed by atoms with van der Waals surface area (Å²) in [5.41, 5.74) is 6.70. The zero-order chi connectivity index (χ0) is 22.6. The van der Waals surface area contributed by atoms with Crippen molar-refractivity contribution in [3.8, 4) is 11.5 Å². The Labute approximate surface area is 185 Å². The van der Waals surface area contributed by atoms with E-state index in [9.17, 15) is 10.2 Å². The predicted octanol–water partition coefficient (Wildman–Crippen LogP) is 5.75. The summed E-state index contributed by atoms with van der Waals surface area (Å²) in [5.74, 6) is 0.616. The molecule has 0 bridgehead atoms. The van der Waals surface area contributed by atoms with Gasteiger partial charge in [0.25, 0.3) is 0 Å². The van der Waals surface area contributed by atoms with Crippen LogP contribution in [-0.4, -0.2) is 33.6 Å². The van der Waals surface area contributed by atoms with Gasteiger partial charge in [-0.1, -0.05) is 19.9 Å². The zero-order valence-electron chi connectivity index (χ0n) is 19.4. The molecule has 162 valence electrons. The van der Waals surface area contributed by atoms with Gasteiger partial charge in [-0.05, 0) is 69.7 Å². The van der Waals surface area contributed by atoms with Gasteiger partial charge >= 0.3 is 0 Å². The van der Waals surface area contributed by atoms with E-state index in [1.54, 1.807) is 12.1 Å². The first-order chi connectivity index (χ1) is 14.6. The average molecular weight is 418 g/mol. The second-order valence-corrected chi connectivity index (χ2v) is 9.44. The molecule has 2 aliphatic heterocycles. The van der Waals surface area contributed by atoms with E-state index in [0.29, 0.717) is 11.5 Å². The van der Waals surface area contributed by atoms with Gasteiger partial charge in [-0.3, -0.25) is 0 Å². The highest BCUT2D eigenvalue weighted by Crippen LogP contribution is 2.48. The summed E-state index contributed by atoms with van der Waals surface area (Å²) < 4.78 is 2.33. The summed E-state index contributed by atoms with van der Waals surface area (Å²) in [6.07, 6.45) is 6.56. The van der Waals surface area contributed by atoms with Crippen molar-refractivity contribution >= 4 is 17.1 Å². The Balaban J connectivity index is 1.75. The van der Waals surface area contributed by atoms with Gasteiger partial charge in [-0.25, -0.2) is 0 Å². The number of aromatic hydroxyl groups is 2. The van der Waals surface area contributed by atoms with Crippen LogP contribution in [0.25, 0.3) is 0 Å². The molecule has 4 rings (SSSR count). The predicted molar refractivity (Wildman–Crippen MR) is 128 cm³/mol. The molecule has 31 heavy (non-hydrogen) atoms. The third-order valence-corrected chi connectivity index (χ3v) is 6.89. The molecule has 0 saturated heterocycles. The van der Waals surface area contributed by atoms with Crippen LogP contribution in [-0.2, 0) is 10.8 Å². The maximum atomic E-state index is 10.0. The summed E-state index contributed by atoms with van der Waals surface area (Å²) in [4.78, 5) is 2.33. The van der Waals surface area contributed by atoms with E-state index in [-0.39, 0.29) is 10.8 Å². The second kappa shape index (κ2) is 7.30. The van der Waals surface area contributed by atoms with Gasteiger partial charge in [0, 0.05) is 41.1 Å². The summed E-state index contributed by atoms with van der Waals surface area (Å²) in [5, 5.41) is 20.1. The van der Waals surface area contributed by atoms with Crippen LogP contribution in [0.5, 0.6) is 11.5 Å².